The van der Waals surface area contributed by atoms with Gasteiger partial charge in [-0.3, -0.25) is 0 Å². The summed E-state index contributed by atoms with van der Waals surface area (Å²) in [5, 5.41) is 0. The van der Waals surface area contributed by atoms with Crippen LogP contribution in [0.5, 0.6) is 0 Å². The summed E-state index contributed by atoms with van der Waals surface area (Å²) in [5.41, 5.74) is 5.58. The van der Waals surface area contributed by atoms with Gasteiger partial charge < -0.3 is 4.90 Å². The van der Waals surface area contributed by atoms with E-state index in [9.17, 15) is 0 Å². The summed E-state index contributed by atoms with van der Waals surface area (Å²) >= 11 is 0. The molecule has 1 heteroatoms. The standard InChI is InChI=1S/C14H19N/c1-4-15-9-5-6-12(3)13-10-11(2)7-8-14(13)15/h6-8,10H,4-5,9H2,1-3H3. The number of anilines is 1. The summed E-state index contributed by atoms with van der Waals surface area (Å²) in [5.74, 6) is 0. The lowest BCUT2D eigenvalue weighted by atomic mass is 10.0. The van der Waals surface area contributed by atoms with Crippen LogP contribution >= 0.6 is 0 Å². The molecule has 0 saturated carbocycles. The van der Waals surface area contributed by atoms with Gasteiger partial charge in [0.05, 0.1) is 0 Å². The van der Waals surface area contributed by atoms with Gasteiger partial charge >= 0.3 is 0 Å². The van der Waals surface area contributed by atoms with Gasteiger partial charge in [-0.15, -0.1) is 0 Å². The average molecular weight is 201 g/mol. The number of rotatable bonds is 1. The molecule has 0 atom stereocenters. The van der Waals surface area contributed by atoms with Crippen molar-refractivity contribution in [1.82, 2.24) is 0 Å². The van der Waals surface area contributed by atoms with Gasteiger partial charge in [0, 0.05) is 24.3 Å². The molecule has 1 aliphatic heterocycles. The van der Waals surface area contributed by atoms with E-state index in [-0.39, 0.29) is 0 Å². The van der Waals surface area contributed by atoms with Crippen LogP contribution in [-0.4, -0.2) is 13.1 Å². The maximum atomic E-state index is 2.46. The Hall–Kier alpha value is -1.24. The van der Waals surface area contributed by atoms with Crippen molar-refractivity contribution < 1.29 is 0 Å². The molecule has 0 N–H and O–H groups in total. The van der Waals surface area contributed by atoms with Crippen molar-refractivity contribution in [1.29, 1.82) is 0 Å². The van der Waals surface area contributed by atoms with Gasteiger partial charge in [-0.25, -0.2) is 0 Å². The fourth-order valence-electron chi connectivity index (χ4n) is 2.24. The van der Waals surface area contributed by atoms with Gasteiger partial charge in [-0.05, 0) is 44.9 Å². The molecule has 1 heterocycles. The summed E-state index contributed by atoms with van der Waals surface area (Å²) in [6, 6.07) is 6.77. The van der Waals surface area contributed by atoms with E-state index in [2.05, 4.69) is 49.9 Å². The number of aryl methyl sites for hydroxylation is 1. The minimum absolute atomic E-state index is 1.09. The second-order valence-corrected chi connectivity index (χ2v) is 4.28. The average Bonchev–Trinajstić information content (AvgIpc) is 2.38. The van der Waals surface area contributed by atoms with E-state index >= 15 is 0 Å². The van der Waals surface area contributed by atoms with Crippen LogP contribution in [0.15, 0.2) is 24.3 Å². The van der Waals surface area contributed by atoms with Crippen LogP contribution in [0.2, 0.25) is 0 Å². The molecule has 0 fully saturated rings. The summed E-state index contributed by atoms with van der Waals surface area (Å²) < 4.78 is 0. The van der Waals surface area contributed by atoms with Crippen LogP contribution in [0.4, 0.5) is 5.69 Å². The quantitative estimate of drug-likeness (QED) is 0.670. The Morgan fingerprint density at radius 3 is 2.80 bits per heavy atom. The van der Waals surface area contributed by atoms with E-state index in [0.717, 1.165) is 19.5 Å². The van der Waals surface area contributed by atoms with Crippen LogP contribution in [0.3, 0.4) is 0 Å². The molecule has 1 aliphatic rings. The SMILES string of the molecule is CCN1CCC=C(C)c2cc(C)ccc21. The molecule has 1 aromatic carbocycles. The van der Waals surface area contributed by atoms with Gasteiger partial charge in [-0.1, -0.05) is 17.7 Å². The zero-order valence-electron chi connectivity index (χ0n) is 9.88. The maximum Gasteiger partial charge on any atom is 0.0442 e. The monoisotopic (exact) mass is 201 g/mol. The Morgan fingerprint density at radius 1 is 1.27 bits per heavy atom. The van der Waals surface area contributed by atoms with Gasteiger partial charge in [0.25, 0.3) is 0 Å². The van der Waals surface area contributed by atoms with E-state index in [0.29, 0.717) is 0 Å². The highest BCUT2D eigenvalue weighted by molar-refractivity contribution is 5.77. The molecule has 0 unspecified atom stereocenters. The van der Waals surface area contributed by atoms with Gasteiger partial charge in [-0.2, -0.15) is 0 Å². The first-order valence-corrected chi connectivity index (χ1v) is 5.75. The molecule has 1 aromatic rings. The second kappa shape index (κ2) is 4.09. The van der Waals surface area contributed by atoms with Gasteiger partial charge in [0.1, 0.15) is 0 Å². The third kappa shape index (κ3) is 1.92. The molecule has 0 spiro atoms. The molecule has 0 bridgehead atoms. The lowest BCUT2D eigenvalue weighted by Crippen LogP contribution is -2.23. The molecule has 0 radical (unpaired) electrons. The molecular weight excluding hydrogens is 182 g/mol. The number of fused-ring (bicyclic) bond motifs is 1. The predicted molar refractivity (Wildman–Crippen MR) is 67.3 cm³/mol. The zero-order chi connectivity index (χ0) is 10.8. The Kier molecular flexibility index (Phi) is 2.81. The molecule has 15 heavy (non-hydrogen) atoms. The summed E-state index contributed by atoms with van der Waals surface area (Å²) in [6.45, 7) is 8.84. The predicted octanol–water partition coefficient (Wildman–Crippen LogP) is 3.63. The fourth-order valence-corrected chi connectivity index (χ4v) is 2.24. The third-order valence-corrected chi connectivity index (χ3v) is 3.15. The molecule has 1 nitrogen and oxygen atoms in total. The number of nitrogens with zero attached hydrogens (tertiary/aromatic N) is 1. The van der Waals surface area contributed by atoms with Crippen molar-refractivity contribution in [2.75, 3.05) is 18.0 Å². The van der Waals surface area contributed by atoms with E-state index < -0.39 is 0 Å². The number of hydrogen-bond donors (Lipinski definition) is 0. The topological polar surface area (TPSA) is 3.24 Å². The minimum Gasteiger partial charge on any atom is -0.371 e. The normalized spacial score (nSPS) is 15.7. The lowest BCUT2D eigenvalue weighted by Gasteiger charge is -2.23. The molecule has 0 saturated heterocycles. The number of allylic oxidation sites excluding steroid dienone is 1. The molecule has 0 aliphatic carbocycles. The fraction of sp³-hybridized carbons (Fsp3) is 0.429. The highest BCUT2D eigenvalue weighted by atomic mass is 15.1. The molecule has 0 aromatic heterocycles. The first-order valence-electron chi connectivity index (χ1n) is 5.75. The molecule has 80 valence electrons. The van der Waals surface area contributed by atoms with Gasteiger partial charge in [0.15, 0.2) is 0 Å². The van der Waals surface area contributed by atoms with Crippen LogP contribution in [0.1, 0.15) is 31.4 Å². The highest BCUT2D eigenvalue weighted by Gasteiger charge is 2.13. The summed E-state index contributed by atoms with van der Waals surface area (Å²) in [7, 11) is 0. The Labute approximate surface area is 92.4 Å². The second-order valence-electron chi connectivity index (χ2n) is 4.28. The van der Waals surface area contributed by atoms with E-state index in [1.54, 1.807) is 0 Å². The number of hydrogen-bond acceptors (Lipinski definition) is 1. The molecule has 2 rings (SSSR count). The van der Waals surface area contributed by atoms with E-state index in [1.165, 1.54) is 22.4 Å². The zero-order valence-corrected chi connectivity index (χ0v) is 9.88. The maximum absolute atomic E-state index is 2.46. The molecule has 0 amide bonds. The van der Waals surface area contributed by atoms with Crippen LogP contribution in [0, 0.1) is 6.92 Å². The summed E-state index contributed by atoms with van der Waals surface area (Å²) in [6.07, 6.45) is 3.52. The van der Waals surface area contributed by atoms with Crippen molar-refractivity contribution in [2.45, 2.75) is 27.2 Å². The Morgan fingerprint density at radius 2 is 2.07 bits per heavy atom. The smallest absolute Gasteiger partial charge is 0.0442 e. The highest BCUT2D eigenvalue weighted by Crippen LogP contribution is 2.30. The number of benzene rings is 1. The molecular formula is C14H19N. The summed E-state index contributed by atoms with van der Waals surface area (Å²) in [4.78, 5) is 2.46. The minimum atomic E-state index is 1.09. The van der Waals surface area contributed by atoms with Crippen molar-refractivity contribution in [3.05, 3.63) is 35.4 Å². The largest absolute Gasteiger partial charge is 0.371 e. The Balaban J connectivity index is 2.54. The first-order chi connectivity index (χ1) is 7.22. The van der Waals surface area contributed by atoms with Crippen LogP contribution in [-0.2, 0) is 0 Å². The van der Waals surface area contributed by atoms with Crippen molar-refractivity contribution >= 4 is 11.3 Å². The van der Waals surface area contributed by atoms with Gasteiger partial charge in [0.2, 0.25) is 0 Å². The van der Waals surface area contributed by atoms with E-state index in [1.807, 2.05) is 0 Å². The van der Waals surface area contributed by atoms with Crippen LogP contribution in [0.25, 0.3) is 5.57 Å². The van der Waals surface area contributed by atoms with E-state index in [4.69, 9.17) is 0 Å². The lowest BCUT2D eigenvalue weighted by molar-refractivity contribution is 0.827. The Bertz CT molecular complexity index is 390. The third-order valence-electron chi connectivity index (χ3n) is 3.15. The van der Waals surface area contributed by atoms with Crippen molar-refractivity contribution in [2.24, 2.45) is 0 Å². The van der Waals surface area contributed by atoms with Crippen molar-refractivity contribution in [3.8, 4) is 0 Å². The van der Waals surface area contributed by atoms with Crippen LogP contribution < -0.4 is 4.90 Å². The first kappa shape index (κ1) is 10.3. The van der Waals surface area contributed by atoms with Crippen molar-refractivity contribution in [3.63, 3.8) is 0 Å².